The molecule has 230 valence electrons. The lowest BCUT2D eigenvalue weighted by molar-refractivity contribution is -0.207. The highest BCUT2D eigenvalue weighted by Gasteiger charge is 2.32. The fourth-order valence-corrected chi connectivity index (χ4v) is 4.48. The van der Waals surface area contributed by atoms with Gasteiger partial charge in [0.15, 0.2) is 18.1 Å². The van der Waals surface area contributed by atoms with Gasteiger partial charge in [0.05, 0.1) is 6.61 Å². The number of nitrogens with one attached hydrogen (secondary N) is 2. The van der Waals surface area contributed by atoms with E-state index in [1.165, 1.54) is 48.5 Å². The Morgan fingerprint density at radius 1 is 0.860 bits per heavy atom. The summed E-state index contributed by atoms with van der Waals surface area (Å²) in [4.78, 5) is 55.6. The molecule has 0 aromatic heterocycles. The molecule has 0 fully saturated rings. The molecule has 2 unspecified atom stereocenters. The van der Waals surface area contributed by atoms with Crippen molar-refractivity contribution in [2.75, 3.05) is 23.8 Å². The van der Waals surface area contributed by atoms with Crippen molar-refractivity contribution in [1.82, 2.24) is 0 Å². The molecule has 0 aliphatic carbocycles. The third-order valence-corrected chi connectivity index (χ3v) is 6.79. The zero-order valence-electron chi connectivity index (χ0n) is 22.2. The van der Waals surface area contributed by atoms with Gasteiger partial charge in [-0.25, -0.2) is 24.1 Å². The largest absolute Gasteiger partial charge is 0.449 e. The van der Waals surface area contributed by atoms with Crippen LogP contribution in [0.1, 0.15) is 12.8 Å². The molecule has 2 amide bonds. The number of amides is 2. The maximum atomic E-state index is 12.2. The zero-order chi connectivity index (χ0) is 31.8. The number of anilines is 2. The van der Waals surface area contributed by atoms with E-state index in [-0.39, 0.29) is 36.6 Å². The Kier molecular flexibility index (Phi) is 13.9. The second kappa shape index (κ2) is 17.3. The number of esters is 1. The van der Waals surface area contributed by atoms with Crippen molar-refractivity contribution in [3.63, 3.8) is 0 Å². The van der Waals surface area contributed by atoms with Crippen LogP contribution in [0.25, 0.3) is 0 Å². The normalized spacial score (nSPS) is 11.6. The van der Waals surface area contributed by atoms with E-state index >= 15 is 0 Å². The molecule has 2 aromatic rings. The summed E-state index contributed by atoms with van der Waals surface area (Å²) in [6, 6.07) is 11.3. The summed E-state index contributed by atoms with van der Waals surface area (Å²) >= 11 is 5.39. The van der Waals surface area contributed by atoms with Crippen LogP contribution in [-0.2, 0) is 40.5 Å². The minimum atomic E-state index is -4.66. The minimum absolute atomic E-state index is 0.0595. The first kappa shape index (κ1) is 34.5. The molecule has 0 bridgehead atoms. The van der Waals surface area contributed by atoms with Gasteiger partial charge < -0.3 is 14.2 Å². The third kappa shape index (κ3) is 14.2. The predicted octanol–water partition coefficient (Wildman–Crippen LogP) is 6.14. The predicted molar refractivity (Wildman–Crippen MR) is 150 cm³/mol. The first-order valence-electron chi connectivity index (χ1n) is 12.0. The monoisotopic (exact) mass is 645 g/mol. The van der Waals surface area contributed by atoms with Gasteiger partial charge in [-0.2, -0.15) is 13.2 Å². The lowest BCUT2D eigenvalue weighted by Crippen LogP contribution is -2.23. The van der Waals surface area contributed by atoms with Crippen molar-refractivity contribution < 1.29 is 60.9 Å². The maximum absolute atomic E-state index is 12.2. The first-order valence-corrected chi connectivity index (χ1v) is 14.4. The summed E-state index contributed by atoms with van der Waals surface area (Å²) in [7, 11) is 0. The number of hydrogen-bond acceptors (Lipinski definition) is 11. The van der Waals surface area contributed by atoms with Gasteiger partial charge in [-0.3, -0.25) is 20.0 Å². The molecule has 0 radical (unpaired) electrons. The van der Waals surface area contributed by atoms with Crippen molar-refractivity contribution in [2.45, 2.75) is 24.9 Å². The van der Waals surface area contributed by atoms with Crippen molar-refractivity contribution in [3.8, 4) is 11.5 Å². The van der Waals surface area contributed by atoms with E-state index in [9.17, 15) is 32.3 Å². The Labute approximate surface area is 249 Å². The SMILES string of the molecule is C=CC(=O)OOc1ccc(NC(=O)OCCCC(OC(=O)C=C)[P+](=S)Oc2ccc(NC(=O)OCC(F)(F)F)cc2)cc1. The fourth-order valence-electron chi connectivity index (χ4n) is 2.75. The molecule has 0 aliphatic heterocycles. The van der Waals surface area contributed by atoms with Gasteiger partial charge in [-0.1, -0.05) is 13.2 Å². The van der Waals surface area contributed by atoms with Gasteiger partial charge in [0.1, 0.15) is 0 Å². The number of rotatable bonds is 15. The molecule has 12 nitrogen and oxygen atoms in total. The van der Waals surface area contributed by atoms with Gasteiger partial charge in [0.2, 0.25) is 11.8 Å². The molecule has 0 aliphatic rings. The molecule has 2 atom stereocenters. The van der Waals surface area contributed by atoms with Gasteiger partial charge in [-0.05, 0) is 55.0 Å². The van der Waals surface area contributed by atoms with Crippen LogP contribution in [0.4, 0.5) is 34.1 Å². The van der Waals surface area contributed by atoms with Gasteiger partial charge >= 0.3 is 43.1 Å². The Hall–Kier alpha value is -4.69. The lowest BCUT2D eigenvalue weighted by atomic mass is 10.3. The van der Waals surface area contributed by atoms with Crippen molar-refractivity contribution in [2.24, 2.45) is 0 Å². The van der Waals surface area contributed by atoms with E-state index in [1.54, 1.807) is 0 Å². The minimum Gasteiger partial charge on any atom is -0.449 e. The van der Waals surface area contributed by atoms with E-state index in [2.05, 4.69) is 33.4 Å². The molecule has 2 aromatic carbocycles. The average Bonchev–Trinajstić information content (AvgIpc) is 2.97. The summed E-state index contributed by atoms with van der Waals surface area (Å²) in [6.07, 6.45) is -4.42. The van der Waals surface area contributed by atoms with Crippen LogP contribution in [0.2, 0.25) is 0 Å². The average molecular weight is 646 g/mol. The zero-order valence-corrected chi connectivity index (χ0v) is 23.9. The van der Waals surface area contributed by atoms with E-state index in [4.69, 9.17) is 30.7 Å². The summed E-state index contributed by atoms with van der Waals surface area (Å²) in [5.41, 5.74) is 0.503. The Morgan fingerprint density at radius 2 is 1.40 bits per heavy atom. The number of carbonyl (C=O) groups excluding carboxylic acids is 4. The highest BCUT2D eigenvalue weighted by atomic mass is 32.4. The summed E-state index contributed by atoms with van der Waals surface area (Å²) < 4.78 is 56.7. The van der Waals surface area contributed by atoms with Crippen LogP contribution >= 0.6 is 6.92 Å². The fraction of sp³-hybridized carbons (Fsp3) is 0.231. The molecule has 2 N–H and O–H groups in total. The molecule has 2 rings (SSSR count). The second-order valence-corrected chi connectivity index (χ2v) is 10.3. The smallest absolute Gasteiger partial charge is 0.432 e. The van der Waals surface area contributed by atoms with Crippen LogP contribution in [0, 0.1) is 0 Å². The van der Waals surface area contributed by atoms with Crippen LogP contribution < -0.4 is 20.0 Å². The number of alkyl halides is 3. The van der Waals surface area contributed by atoms with Crippen LogP contribution in [0.3, 0.4) is 0 Å². The number of hydrogen-bond donors (Lipinski definition) is 2. The molecule has 43 heavy (non-hydrogen) atoms. The van der Waals surface area contributed by atoms with E-state index < -0.39 is 49.7 Å². The van der Waals surface area contributed by atoms with E-state index in [1.807, 2.05) is 0 Å². The molecule has 0 saturated carbocycles. The topological polar surface area (TPSA) is 148 Å². The Bertz CT molecular complexity index is 1310. The van der Waals surface area contributed by atoms with Crippen LogP contribution in [-0.4, -0.2) is 49.4 Å². The van der Waals surface area contributed by atoms with Crippen molar-refractivity contribution in [3.05, 3.63) is 73.8 Å². The molecular weight excluding hydrogens is 620 g/mol. The molecule has 0 saturated heterocycles. The maximum Gasteiger partial charge on any atom is 0.432 e. The lowest BCUT2D eigenvalue weighted by Gasteiger charge is -2.11. The highest BCUT2D eigenvalue weighted by Crippen LogP contribution is 2.36. The summed E-state index contributed by atoms with van der Waals surface area (Å²) in [6.45, 7) is 2.94. The van der Waals surface area contributed by atoms with E-state index in [0.717, 1.165) is 12.2 Å². The van der Waals surface area contributed by atoms with Crippen LogP contribution in [0.15, 0.2) is 73.8 Å². The standard InChI is InChI=1S/C26H24F3N2O10PS/c1-3-21(32)38-23(42(43)41-20-13-9-18(10-14-20)31-25(35)37-16-26(27,28)29)6-5-15-36-24(34)30-17-7-11-19(12-8-17)39-40-22(33)4-2/h3-4,7-14,23H,1-2,5-6,15-16H2,(H-,30,31,34,35)/p+1. The van der Waals surface area contributed by atoms with E-state index in [0.29, 0.717) is 5.69 Å². The summed E-state index contributed by atoms with van der Waals surface area (Å²) in [5, 5.41) is 4.63. The third-order valence-electron chi connectivity index (χ3n) is 4.63. The number of halogens is 3. The van der Waals surface area contributed by atoms with Crippen LogP contribution in [0.5, 0.6) is 11.5 Å². The van der Waals surface area contributed by atoms with Gasteiger partial charge in [-0.15, -0.1) is 0 Å². The highest BCUT2D eigenvalue weighted by molar-refractivity contribution is 8.03. The molecule has 0 heterocycles. The number of benzene rings is 2. The van der Waals surface area contributed by atoms with Crippen molar-refractivity contribution in [1.29, 1.82) is 0 Å². The Morgan fingerprint density at radius 3 is 1.93 bits per heavy atom. The number of ether oxygens (including phenoxy) is 3. The molecular formula is C26H25F3N2O10PS+. The second-order valence-electron chi connectivity index (χ2n) is 7.93. The van der Waals surface area contributed by atoms with Gasteiger partial charge in [0, 0.05) is 29.9 Å². The number of carbonyl (C=O) groups is 4. The molecule has 17 heteroatoms. The van der Waals surface area contributed by atoms with Crippen molar-refractivity contribution >= 4 is 54.2 Å². The Balaban J connectivity index is 1.82. The quantitative estimate of drug-likeness (QED) is 0.0438. The summed E-state index contributed by atoms with van der Waals surface area (Å²) in [5.74, 6) is -1.97. The van der Waals surface area contributed by atoms with Gasteiger partial charge in [0.25, 0.3) is 0 Å². The molecule has 0 spiro atoms. The first-order chi connectivity index (χ1) is 20.4.